The molecule has 1 aromatic heterocycles. The molecule has 0 spiro atoms. The van der Waals surface area contributed by atoms with E-state index in [0.29, 0.717) is 29.2 Å². The second kappa shape index (κ2) is 17.5. The monoisotopic (exact) mass is 634 g/mol. The van der Waals surface area contributed by atoms with E-state index >= 15 is 0 Å². The molecule has 0 unspecified atom stereocenters. The molecule has 0 aliphatic heterocycles. The largest absolute Gasteiger partial charge is 0.447 e. The lowest BCUT2D eigenvalue weighted by Crippen LogP contribution is -2.45. The first-order valence-corrected chi connectivity index (χ1v) is 13.9. The quantitative estimate of drug-likeness (QED) is 0.0798. The molecule has 44 heavy (non-hydrogen) atoms. The number of aliphatic hydroxyl groups excluding tert-OH is 1. The Labute approximate surface area is 256 Å². The molecule has 3 rings (SSSR count). The fraction of sp³-hybridized carbons (Fsp3) is 0.321. The Balaban J connectivity index is 1.57. The van der Waals surface area contributed by atoms with E-state index in [-0.39, 0.29) is 56.2 Å². The highest BCUT2D eigenvalue weighted by atomic mass is 35.5. The first-order chi connectivity index (χ1) is 21.1. The maximum absolute atomic E-state index is 13.7. The number of aliphatic imine (C=N–C) groups is 1. The van der Waals surface area contributed by atoms with E-state index in [1.807, 2.05) is 0 Å². The van der Waals surface area contributed by atoms with Crippen LogP contribution < -0.4 is 32.3 Å². The van der Waals surface area contributed by atoms with Crippen molar-refractivity contribution < 1.29 is 33.0 Å². The number of carbonyl (C=O) groups excluding carboxylic acids is 3. The number of rotatable bonds is 14. The molecule has 0 aliphatic rings. The molecular formula is C28H33ClF2N8O5. The van der Waals surface area contributed by atoms with Crippen molar-refractivity contribution in [3.8, 4) is 0 Å². The van der Waals surface area contributed by atoms with Gasteiger partial charge in [-0.3, -0.25) is 20.4 Å². The summed E-state index contributed by atoms with van der Waals surface area (Å²) in [4.78, 5) is 44.7. The first-order valence-electron chi connectivity index (χ1n) is 13.5. The van der Waals surface area contributed by atoms with Crippen molar-refractivity contribution in [1.29, 1.82) is 0 Å². The number of nitrogens with one attached hydrogen (secondary N) is 5. The number of hydrogen-bond donors (Lipinski definition) is 7. The van der Waals surface area contributed by atoms with E-state index in [1.54, 1.807) is 12.1 Å². The van der Waals surface area contributed by atoms with Crippen molar-refractivity contribution in [3.05, 3.63) is 70.9 Å². The number of benzene rings is 2. The van der Waals surface area contributed by atoms with Crippen molar-refractivity contribution in [1.82, 2.24) is 26.3 Å². The zero-order chi connectivity index (χ0) is 31.9. The highest BCUT2D eigenvalue weighted by molar-refractivity contribution is 6.31. The van der Waals surface area contributed by atoms with Gasteiger partial charge in [-0.25, -0.2) is 23.4 Å². The van der Waals surface area contributed by atoms with Gasteiger partial charge in [-0.1, -0.05) is 23.7 Å². The van der Waals surface area contributed by atoms with Gasteiger partial charge in [0.25, 0.3) is 0 Å². The molecule has 1 heterocycles. The van der Waals surface area contributed by atoms with Crippen LogP contribution in [-0.2, 0) is 16.1 Å². The van der Waals surface area contributed by atoms with Gasteiger partial charge >= 0.3 is 12.1 Å². The molecule has 13 nitrogen and oxygen atoms in total. The number of guanidine groups is 1. The number of amides is 4. The number of anilines is 1. The van der Waals surface area contributed by atoms with Crippen LogP contribution in [0.3, 0.4) is 0 Å². The molecule has 1 atom stereocenters. The van der Waals surface area contributed by atoms with E-state index in [0.717, 1.165) is 0 Å². The molecular weight excluding hydrogens is 602 g/mol. The summed E-state index contributed by atoms with van der Waals surface area (Å²) in [6.45, 7) is -0.0764. The zero-order valence-corrected chi connectivity index (χ0v) is 24.3. The maximum Gasteiger partial charge on any atom is 0.412 e. The van der Waals surface area contributed by atoms with Gasteiger partial charge in [0.2, 0.25) is 5.91 Å². The van der Waals surface area contributed by atoms with Gasteiger partial charge in [-0.15, -0.1) is 0 Å². The Morgan fingerprint density at radius 2 is 1.95 bits per heavy atom. The number of carbonyl (C=O) groups is 3. The predicted octanol–water partition coefficient (Wildman–Crippen LogP) is 2.38. The van der Waals surface area contributed by atoms with Crippen molar-refractivity contribution in [2.75, 3.05) is 38.2 Å². The van der Waals surface area contributed by atoms with Crippen LogP contribution in [0.2, 0.25) is 5.02 Å². The molecule has 3 aromatic rings. The molecule has 0 aliphatic carbocycles. The summed E-state index contributed by atoms with van der Waals surface area (Å²) in [6.07, 6.45) is 1.35. The van der Waals surface area contributed by atoms with Gasteiger partial charge in [0, 0.05) is 31.2 Å². The minimum absolute atomic E-state index is 0.0389. The summed E-state index contributed by atoms with van der Waals surface area (Å²) in [5, 5.41) is 23.3. The summed E-state index contributed by atoms with van der Waals surface area (Å²) in [7, 11) is 0. The highest BCUT2D eigenvalue weighted by Crippen LogP contribution is 2.19. The summed E-state index contributed by atoms with van der Waals surface area (Å²) < 4.78 is 32.6. The topological polar surface area (TPSA) is 192 Å². The predicted molar refractivity (Wildman–Crippen MR) is 161 cm³/mol. The maximum atomic E-state index is 13.7. The van der Waals surface area contributed by atoms with E-state index in [2.05, 4.69) is 36.6 Å². The third-order valence-electron chi connectivity index (χ3n) is 5.95. The third-order valence-corrected chi connectivity index (χ3v) is 6.38. The molecule has 236 valence electrons. The number of nitrogens with zero attached hydrogens (tertiary/aromatic N) is 2. The van der Waals surface area contributed by atoms with E-state index < -0.39 is 35.7 Å². The van der Waals surface area contributed by atoms with Crippen LogP contribution in [0, 0.1) is 11.6 Å². The van der Waals surface area contributed by atoms with Crippen molar-refractivity contribution in [2.45, 2.75) is 25.4 Å². The average molecular weight is 635 g/mol. The van der Waals surface area contributed by atoms with E-state index in [9.17, 15) is 23.2 Å². The van der Waals surface area contributed by atoms with Crippen molar-refractivity contribution in [3.63, 3.8) is 0 Å². The Morgan fingerprint density at radius 3 is 2.73 bits per heavy atom. The number of urea groups is 1. The minimum atomic E-state index is -0.842. The smallest absolute Gasteiger partial charge is 0.412 e. The second-order valence-electron chi connectivity index (χ2n) is 9.38. The Bertz CT molecular complexity index is 1480. The number of hydrogen-bond acceptors (Lipinski definition) is 8. The SMILES string of the molecule is NC(=O)NC(=NCCC[C@@H](COC(=O)Nc1cc2cc(F)ccc2cn1)NC(=O)CNCc1cccc(F)c1Cl)NCCO. The van der Waals surface area contributed by atoms with Gasteiger partial charge in [0.15, 0.2) is 5.96 Å². The van der Waals surface area contributed by atoms with Crippen LogP contribution in [0.15, 0.2) is 53.7 Å². The summed E-state index contributed by atoms with van der Waals surface area (Å²) in [5.41, 5.74) is 5.61. The lowest BCUT2D eigenvalue weighted by molar-refractivity contribution is -0.121. The van der Waals surface area contributed by atoms with Crippen LogP contribution in [-0.4, -0.2) is 73.0 Å². The van der Waals surface area contributed by atoms with Crippen LogP contribution >= 0.6 is 11.6 Å². The zero-order valence-electron chi connectivity index (χ0n) is 23.5. The van der Waals surface area contributed by atoms with Crippen molar-refractivity contribution in [2.24, 2.45) is 10.7 Å². The molecule has 0 fully saturated rings. The number of ether oxygens (including phenoxy) is 1. The fourth-order valence-electron chi connectivity index (χ4n) is 3.93. The van der Waals surface area contributed by atoms with Crippen molar-refractivity contribution >= 4 is 52.2 Å². The van der Waals surface area contributed by atoms with Crippen LogP contribution in [0.1, 0.15) is 18.4 Å². The molecule has 0 bridgehead atoms. The molecule has 0 saturated carbocycles. The molecule has 8 N–H and O–H groups in total. The molecule has 0 radical (unpaired) electrons. The van der Waals surface area contributed by atoms with Gasteiger partial charge in [-0.05, 0) is 54.1 Å². The van der Waals surface area contributed by atoms with Crippen LogP contribution in [0.4, 0.5) is 24.2 Å². The summed E-state index contributed by atoms with van der Waals surface area (Å²) >= 11 is 5.96. The second-order valence-corrected chi connectivity index (χ2v) is 9.76. The van der Waals surface area contributed by atoms with E-state index in [1.165, 1.54) is 36.5 Å². The fourth-order valence-corrected chi connectivity index (χ4v) is 4.12. The molecule has 2 aromatic carbocycles. The molecule has 16 heteroatoms. The number of halogens is 3. The normalized spacial score (nSPS) is 12.0. The Hall–Kier alpha value is -4.60. The standard InChI is InChI=1S/C28H33ClF2N8O5/c29-25-18(3-1-5-22(25)31)13-33-15-24(41)37-21(4-2-8-34-27(35-9-10-40)39-26(32)42)16-44-28(43)38-23-12-19-11-20(30)7-6-17(19)14-36-23/h1,3,5-7,11-12,14,21,33,40H,2,4,8-10,13,15-16H2,(H,37,41)(H,36,38,43)(H4,32,34,35,39,42)/t21-/m0/s1. The molecule has 0 saturated heterocycles. The lowest BCUT2D eigenvalue weighted by Gasteiger charge is -2.19. The third kappa shape index (κ3) is 11.6. The number of pyridine rings is 1. The Morgan fingerprint density at radius 1 is 1.14 bits per heavy atom. The number of aliphatic hydroxyl groups is 1. The number of primary amides is 1. The van der Waals surface area contributed by atoms with Crippen LogP contribution in [0.5, 0.6) is 0 Å². The lowest BCUT2D eigenvalue weighted by atomic mass is 10.1. The highest BCUT2D eigenvalue weighted by Gasteiger charge is 2.16. The van der Waals surface area contributed by atoms with E-state index in [4.69, 9.17) is 27.2 Å². The summed E-state index contributed by atoms with van der Waals surface area (Å²) in [6, 6.07) is 8.56. The number of fused-ring (bicyclic) bond motifs is 1. The minimum Gasteiger partial charge on any atom is -0.447 e. The number of nitrogens with two attached hydrogens (primary N) is 1. The number of aromatic nitrogens is 1. The summed E-state index contributed by atoms with van der Waals surface area (Å²) in [5.74, 6) is -1.21. The van der Waals surface area contributed by atoms with Gasteiger partial charge in [-0.2, -0.15) is 0 Å². The Kier molecular flexibility index (Phi) is 13.5. The van der Waals surface area contributed by atoms with Gasteiger partial charge < -0.3 is 31.5 Å². The van der Waals surface area contributed by atoms with Crippen LogP contribution in [0.25, 0.3) is 10.8 Å². The molecule has 4 amide bonds. The van der Waals surface area contributed by atoms with Gasteiger partial charge in [0.05, 0.1) is 24.2 Å². The first kappa shape index (κ1) is 33.9. The average Bonchev–Trinajstić information content (AvgIpc) is 2.98. The van der Waals surface area contributed by atoms with Gasteiger partial charge in [0.1, 0.15) is 24.1 Å².